The van der Waals surface area contributed by atoms with Crippen molar-refractivity contribution in [3.05, 3.63) is 29.8 Å². The molecule has 2 N–H and O–H groups in total. The molecule has 0 amide bonds. The maximum absolute atomic E-state index is 12.3. The van der Waals surface area contributed by atoms with Gasteiger partial charge in [0.2, 0.25) is 10.0 Å². The molecule has 1 aromatic rings. The average molecular weight is 299 g/mol. The summed E-state index contributed by atoms with van der Waals surface area (Å²) in [6, 6.07) is 7.11. The zero-order valence-electron chi connectivity index (χ0n) is 12.5. The minimum atomic E-state index is -3.43. The van der Waals surface area contributed by atoms with E-state index in [1.807, 2.05) is 38.1 Å². The number of nitrogens with one attached hydrogen (secondary N) is 2. The molecule has 0 aliphatic carbocycles. The Bertz CT molecular complexity index is 501. The molecule has 0 saturated carbocycles. The molecule has 0 aromatic heterocycles. The Kier molecular flexibility index (Phi) is 7.15. The Hall–Kier alpha value is -0.950. The monoisotopic (exact) mass is 299 g/mol. The van der Waals surface area contributed by atoms with Crippen molar-refractivity contribution in [1.82, 2.24) is 14.9 Å². The predicted octanol–water partition coefficient (Wildman–Crippen LogP) is 1.03. The smallest absolute Gasteiger partial charge is 0.240 e. The summed E-state index contributed by atoms with van der Waals surface area (Å²) in [7, 11) is 0.517. The first kappa shape index (κ1) is 17.1. The van der Waals surface area contributed by atoms with E-state index in [1.54, 1.807) is 12.1 Å². The van der Waals surface area contributed by atoms with E-state index in [9.17, 15) is 8.42 Å². The molecule has 0 saturated heterocycles. The highest BCUT2D eigenvalue weighted by Crippen LogP contribution is 2.15. The van der Waals surface area contributed by atoms with Gasteiger partial charge in [-0.25, -0.2) is 13.1 Å². The molecular weight excluding hydrogens is 274 g/mol. The molecule has 5 nitrogen and oxygen atoms in total. The molecule has 0 radical (unpaired) electrons. The highest BCUT2D eigenvalue weighted by atomic mass is 32.2. The van der Waals surface area contributed by atoms with Gasteiger partial charge in [-0.2, -0.15) is 0 Å². The van der Waals surface area contributed by atoms with Crippen molar-refractivity contribution in [1.29, 1.82) is 0 Å². The summed E-state index contributed by atoms with van der Waals surface area (Å²) in [5, 5.41) is 3.16. The molecule has 1 rings (SSSR count). The summed E-state index contributed by atoms with van der Waals surface area (Å²) < 4.78 is 27.3. The molecule has 0 aliphatic rings. The van der Waals surface area contributed by atoms with Crippen molar-refractivity contribution in [2.75, 3.05) is 33.7 Å². The summed E-state index contributed by atoms with van der Waals surface area (Å²) in [6.45, 7) is 4.68. The molecule has 0 bridgehead atoms. The van der Waals surface area contributed by atoms with Gasteiger partial charge in [0.15, 0.2) is 0 Å². The van der Waals surface area contributed by atoms with Crippen LogP contribution in [-0.2, 0) is 16.6 Å². The third-order valence-electron chi connectivity index (χ3n) is 2.90. The first-order valence-corrected chi connectivity index (χ1v) is 8.38. The minimum absolute atomic E-state index is 0.366. The van der Waals surface area contributed by atoms with Crippen LogP contribution < -0.4 is 10.0 Å². The molecule has 0 spiro atoms. The van der Waals surface area contributed by atoms with Crippen LogP contribution in [0.15, 0.2) is 29.2 Å². The molecule has 6 heteroatoms. The molecule has 0 aliphatic heterocycles. The molecule has 1 aromatic carbocycles. The van der Waals surface area contributed by atoms with Crippen LogP contribution in [0.1, 0.15) is 18.9 Å². The topological polar surface area (TPSA) is 61.4 Å². The van der Waals surface area contributed by atoms with Crippen molar-refractivity contribution in [2.45, 2.75) is 24.8 Å². The van der Waals surface area contributed by atoms with E-state index < -0.39 is 10.0 Å². The van der Waals surface area contributed by atoms with Gasteiger partial charge in [-0.1, -0.05) is 25.1 Å². The highest BCUT2D eigenvalue weighted by Gasteiger charge is 2.16. The van der Waals surface area contributed by atoms with Gasteiger partial charge in [0.1, 0.15) is 0 Å². The van der Waals surface area contributed by atoms with Gasteiger partial charge in [-0.15, -0.1) is 0 Å². The lowest BCUT2D eigenvalue weighted by atomic mass is 10.2. The maximum atomic E-state index is 12.3. The molecule has 0 atom stereocenters. The van der Waals surface area contributed by atoms with E-state index in [0.29, 0.717) is 18.0 Å². The van der Waals surface area contributed by atoms with Crippen molar-refractivity contribution in [3.8, 4) is 0 Å². The lowest BCUT2D eigenvalue weighted by molar-refractivity contribution is 0.400. The van der Waals surface area contributed by atoms with Crippen LogP contribution in [0.5, 0.6) is 0 Å². The van der Waals surface area contributed by atoms with Gasteiger partial charge in [-0.05, 0) is 45.2 Å². The van der Waals surface area contributed by atoms with Crippen molar-refractivity contribution < 1.29 is 8.42 Å². The van der Waals surface area contributed by atoms with Gasteiger partial charge < -0.3 is 10.2 Å². The van der Waals surface area contributed by atoms with Crippen LogP contribution in [0.2, 0.25) is 0 Å². The Labute approximate surface area is 122 Å². The molecular formula is C14H25N3O2S. The van der Waals surface area contributed by atoms with E-state index in [2.05, 4.69) is 10.0 Å². The number of sulfonamides is 1. The summed E-state index contributed by atoms with van der Waals surface area (Å²) >= 11 is 0. The van der Waals surface area contributed by atoms with Gasteiger partial charge in [0.25, 0.3) is 0 Å². The molecule has 0 unspecified atom stereocenters. The zero-order valence-corrected chi connectivity index (χ0v) is 13.3. The standard InChI is InChI=1S/C14H25N3O2S/c1-4-15-12-13-8-5-6-9-14(13)20(18,19)16-10-7-11-17(2)3/h5-6,8-9,15-16H,4,7,10-12H2,1-3H3. The van der Waals surface area contributed by atoms with Crippen LogP contribution in [0, 0.1) is 0 Å². The third kappa shape index (κ3) is 5.58. The Morgan fingerprint density at radius 1 is 1.20 bits per heavy atom. The normalized spacial score (nSPS) is 12.0. The summed E-state index contributed by atoms with van der Waals surface area (Å²) in [5.41, 5.74) is 0.800. The summed E-state index contributed by atoms with van der Waals surface area (Å²) in [6.07, 6.45) is 0.793. The lowest BCUT2D eigenvalue weighted by Gasteiger charge is -2.13. The van der Waals surface area contributed by atoms with Crippen molar-refractivity contribution in [3.63, 3.8) is 0 Å². The average Bonchev–Trinajstić information content (AvgIpc) is 2.41. The van der Waals surface area contributed by atoms with E-state index in [4.69, 9.17) is 0 Å². The van der Waals surface area contributed by atoms with E-state index >= 15 is 0 Å². The second kappa shape index (κ2) is 8.36. The van der Waals surface area contributed by atoms with E-state index in [-0.39, 0.29) is 0 Å². The van der Waals surface area contributed by atoms with Crippen LogP contribution in [0.25, 0.3) is 0 Å². The fourth-order valence-electron chi connectivity index (χ4n) is 1.85. The quantitative estimate of drug-likeness (QED) is 0.669. The minimum Gasteiger partial charge on any atom is -0.313 e. The van der Waals surface area contributed by atoms with Crippen LogP contribution in [0.4, 0.5) is 0 Å². The second-order valence-corrected chi connectivity index (χ2v) is 6.68. The van der Waals surface area contributed by atoms with Crippen LogP contribution >= 0.6 is 0 Å². The third-order valence-corrected chi connectivity index (χ3v) is 4.46. The fraction of sp³-hybridized carbons (Fsp3) is 0.571. The second-order valence-electron chi connectivity index (χ2n) is 4.94. The SMILES string of the molecule is CCNCc1ccccc1S(=O)(=O)NCCCN(C)C. The predicted molar refractivity (Wildman–Crippen MR) is 82.2 cm³/mol. The van der Waals surface area contributed by atoms with Gasteiger partial charge in [-0.3, -0.25) is 0 Å². The number of rotatable bonds is 9. The number of benzene rings is 1. The lowest BCUT2D eigenvalue weighted by Crippen LogP contribution is -2.28. The first-order chi connectivity index (χ1) is 9.47. The molecule has 114 valence electrons. The number of hydrogen-bond acceptors (Lipinski definition) is 4. The van der Waals surface area contributed by atoms with Crippen LogP contribution in [-0.4, -0.2) is 47.0 Å². The van der Waals surface area contributed by atoms with Crippen molar-refractivity contribution >= 4 is 10.0 Å². The summed E-state index contributed by atoms with van der Waals surface area (Å²) in [5.74, 6) is 0. The Morgan fingerprint density at radius 2 is 1.90 bits per heavy atom. The van der Waals surface area contributed by atoms with Gasteiger partial charge >= 0.3 is 0 Å². The fourth-order valence-corrected chi connectivity index (χ4v) is 3.16. The van der Waals surface area contributed by atoms with Gasteiger partial charge in [0.05, 0.1) is 4.90 Å². The number of nitrogens with zero attached hydrogens (tertiary/aromatic N) is 1. The molecule has 20 heavy (non-hydrogen) atoms. The van der Waals surface area contributed by atoms with Gasteiger partial charge in [0, 0.05) is 13.1 Å². The van der Waals surface area contributed by atoms with Crippen molar-refractivity contribution in [2.24, 2.45) is 0 Å². The Morgan fingerprint density at radius 3 is 2.55 bits per heavy atom. The Balaban J connectivity index is 2.71. The highest BCUT2D eigenvalue weighted by molar-refractivity contribution is 7.89. The first-order valence-electron chi connectivity index (χ1n) is 6.90. The van der Waals surface area contributed by atoms with E-state index in [1.165, 1.54) is 0 Å². The molecule has 0 fully saturated rings. The maximum Gasteiger partial charge on any atom is 0.240 e. The number of hydrogen-bond donors (Lipinski definition) is 2. The van der Waals surface area contributed by atoms with E-state index in [0.717, 1.165) is 25.1 Å². The van der Waals surface area contributed by atoms with Crippen LogP contribution in [0.3, 0.4) is 0 Å². The molecule has 0 heterocycles. The zero-order chi connectivity index (χ0) is 15.0. The largest absolute Gasteiger partial charge is 0.313 e. The summed E-state index contributed by atoms with van der Waals surface area (Å²) in [4.78, 5) is 2.40.